The summed E-state index contributed by atoms with van der Waals surface area (Å²) in [4.78, 5) is 8.45. The van der Waals surface area contributed by atoms with Crippen molar-refractivity contribution < 1.29 is 4.74 Å². The second-order valence-corrected chi connectivity index (χ2v) is 5.65. The Labute approximate surface area is 149 Å². The maximum Gasteiger partial charge on any atom is 0.254 e. The first-order chi connectivity index (χ1) is 12.7. The summed E-state index contributed by atoms with van der Waals surface area (Å²) in [5.74, 6) is 2.65. The monoisotopic (exact) mass is 342 g/mol. The second kappa shape index (κ2) is 6.53. The number of fused-ring (bicyclic) bond motifs is 1. The minimum Gasteiger partial charge on any atom is -0.457 e. The minimum atomic E-state index is 0.539. The van der Waals surface area contributed by atoms with Crippen molar-refractivity contribution in [3.63, 3.8) is 0 Å². The summed E-state index contributed by atoms with van der Waals surface area (Å²) in [7, 11) is 0. The quantitative estimate of drug-likeness (QED) is 0.606. The van der Waals surface area contributed by atoms with E-state index in [1.165, 1.54) is 6.33 Å². The minimum absolute atomic E-state index is 0.539. The molecule has 0 saturated heterocycles. The normalized spacial score (nSPS) is 10.5. The largest absolute Gasteiger partial charge is 0.457 e. The number of rotatable bonds is 4. The molecule has 0 atom stereocenters. The topological polar surface area (TPSA) is 88.1 Å². The third kappa shape index (κ3) is 3.16. The summed E-state index contributed by atoms with van der Waals surface area (Å²) in [6, 6.07) is 18.5. The molecule has 126 valence electrons. The number of ether oxygens (including phenoxy) is 1. The van der Waals surface area contributed by atoms with Crippen molar-refractivity contribution >= 4 is 17.3 Å². The van der Waals surface area contributed by atoms with Gasteiger partial charge in [0.2, 0.25) is 0 Å². The summed E-state index contributed by atoms with van der Waals surface area (Å²) < 4.78 is 7.50. The number of benzene rings is 2. The second-order valence-electron chi connectivity index (χ2n) is 5.65. The number of nitriles is 1. The fraction of sp³-hybridized carbons (Fsp3) is 0.0526. The SMILES string of the molecule is Cc1cc(Nc2cccc(Oc3ccc(C#N)cc3)c2)n2ncnc2n1. The maximum absolute atomic E-state index is 8.86. The smallest absolute Gasteiger partial charge is 0.254 e. The number of aryl methyl sites for hydroxylation is 1. The lowest BCUT2D eigenvalue weighted by Gasteiger charge is -2.11. The number of aromatic nitrogens is 4. The molecular weight excluding hydrogens is 328 g/mol. The summed E-state index contributed by atoms with van der Waals surface area (Å²) in [6.07, 6.45) is 1.47. The van der Waals surface area contributed by atoms with E-state index in [4.69, 9.17) is 10.00 Å². The lowest BCUT2D eigenvalue weighted by Crippen LogP contribution is -2.02. The Morgan fingerprint density at radius 3 is 2.73 bits per heavy atom. The van der Waals surface area contributed by atoms with Crippen molar-refractivity contribution in [3.8, 4) is 17.6 Å². The highest BCUT2D eigenvalue weighted by Gasteiger charge is 2.07. The molecule has 0 amide bonds. The predicted octanol–water partition coefficient (Wildman–Crippen LogP) is 3.84. The molecule has 0 radical (unpaired) electrons. The molecule has 2 heterocycles. The summed E-state index contributed by atoms with van der Waals surface area (Å²) >= 11 is 0. The summed E-state index contributed by atoms with van der Waals surface area (Å²) in [5, 5.41) is 16.4. The lowest BCUT2D eigenvalue weighted by molar-refractivity contribution is 0.483. The molecule has 2 aromatic heterocycles. The van der Waals surface area contributed by atoms with E-state index in [9.17, 15) is 0 Å². The highest BCUT2D eigenvalue weighted by molar-refractivity contribution is 5.60. The van der Waals surface area contributed by atoms with Crippen LogP contribution in [0.5, 0.6) is 11.5 Å². The number of anilines is 2. The average molecular weight is 342 g/mol. The first-order valence-corrected chi connectivity index (χ1v) is 7.94. The zero-order valence-electron chi connectivity index (χ0n) is 13.9. The van der Waals surface area contributed by atoms with Gasteiger partial charge in [0.25, 0.3) is 5.78 Å². The van der Waals surface area contributed by atoms with Crippen molar-refractivity contribution in [1.82, 2.24) is 19.6 Å². The van der Waals surface area contributed by atoms with Crippen LogP contribution in [0.2, 0.25) is 0 Å². The Bertz CT molecular complexity index is 1110. The average Bonchev–Trinajstić information content (AvgIpc) is 3.11. The molecule has 0 aliphatic rings. The Hall–Kier alpha value is -3.92. The molecule has 2 aromatic carbocycles. The van der Waals surface area contributed by atoms with Crippen LogP contribution in [0.4, 0.5) is 11.5 Å². The number of nitrogens with zero attached hydrogens (tertiary/aromatic N) is 5. The first-order valence-electron chi connectivity index (χ1n) is 7.94. The van der Waals surface area contributed by atoms with Crippen LogP contribution in [0.15, 0.2) is 60.9 Å². The van der Waals surface area contributed by atoms with E-state index in [2.05, 4.69) is 26.5 Å². The molecule has 0 bridgehead atoms. The Balaban J connectivity index is 1.59. The zero-order chi connectivity index (χ0) is 17.9. The Morgan fingerprint density at radius 2 is 1.92 bits per heavy atom. The lowest BCUT2D eigenvalue weighted by atomic mass is 10.2. The Kier molecular flexibility index (Phi) is 3.92. The standard InChI is InChI=1S/C19H14N6O/c1-13-9-18(25-19(23-13)21-12-22-25)24-15-3-2-4-17(10-15)26-16-7-5-14(11-20)6-8-16/h2-10,12,24H,1H3. The molecular formula is C19H14N6O. The third-order valence-corrected chi connectivity index (χ3v) is 3.71. The Morgan fingerprint density at radius 1 is 1.08 bits per heavy atom. The van der Waals surface area contributed by atoms with Crippen molar-refractivity contribution in [1.29, 1.82) is 5.26 Å². The number of hydrogen-bond acceptors (Lipinski definition) is 6. The van der Waals surface area contributed by atoms with Gasteiger partial charge in [-0.1, -0.05) is 6.07 Å². The van der Waals surface area contributed by atoms with E-state index >= 15 is 0 Å². The van der Waals surface area contributed by atoms with Gasteiger partial charge in [0.15, 0.2) is 0 Å². The van der Waals surface area contributed by atoms with Gasteiger partial charge in [-0.3, -0.25) is 0 Å². The molecule has 26 heavy (non-hydrogen) atoms. The van der Waals surface area contributed by atoms with Crippen LogP contribution >= 0.6 is 0 Å². The van der Waals surface area contributed by atoms with Crippen LogP contribution in [0.25, 0.3) is 5.78 Å². The molecule has 0 saturated carbocycles. The van der Waals surface area contributed by atoms with E-state index in [1.807, 2.05) is 37.3 Å². The molecule has 4 rings (SSSR count). The van der Waals surface area contributed by atoms with Crippen LogP contribution in [0, 0.1) is 18.3 Å². The summed E-state index contributed by atoms with van der Waals surface area (Å²) in [5.41, 5.74) is 2.29. The van der Waals surface area contributed by atoms with Crippen molar-refractivity contribution in [2.24, 2.45) is 0 Å². The predicted molar refractivity (Wildman–Crippen MR) is 96.5 cm³/mol. The van der Waals surface area contributed by atoms with Crippen LogP contribution in [0.1, 0.15) is 11.3 Å². The molecule has 0 aliphatic carbocycles. The third-order valence-electron chi connectivity index (χ3n) is 3.71. The van der Waals surface area contributed by atoms with Gasteiger partial charge in [0.05, 0.1) is 11.6 Å². The van der Waals surface area contributed by atoms with E-state index in [0.29, 0.717) is 22.8 Å². The van der Waals surface area contributed by atoms with E-state index < -0.39 is 0 Å². The number of nitrogens with one attached hydrogen (secondary N) is 1. The van der Waals surface area contributed by atoms with E-state index in [-0.39, 0.29) is 0 Å². The fourth-order valence-electron chi connectivity index (χ4n) is 2.54. The molecule has 0 spiro atoms. The van der Waals surface area contributed by atoms with Crippen LogP contribution in [-0.2, 0) is 0 Å². The van der Waals surface area contributed by atoms with Gasteiger partial charge in [-0.05, 0) is 43.3 Å². The number of hydrogen-bond donors (Lipinski definition) is 1. The van der Waals surface area contributed by atoms with Crippen LogP contribution in [0.3, 0.4) is 0 Å². The molecule has 7 nitrogen and oxygen atoms in total. The fourth-order valence-corrected chi connectivity index (χ4v) is 2.54. The van der Waals surface area contributed by atoms with Gasteiger partial charge in [0, 0.05) is 23.5 Å². The van der Waals surface area contributed by atoms with Crippen molar-refractivity contribution in [2.75, 3.05) is 5.32 Å². The van der Waals surface area contributed by atoms with E-state index in [0.717, 1.165) is 17.2 Å². The van der Waals surface area contributed by atoms with Gasteiger partial charge >= 0.3 is 0 Å². The zero-order valence-corrected chi connectivity index (χ0v) is 13.9. The molecule has 1 N–H and O–H groups in total. The molecule has 7 heteroatoms. The van der Waals surface area contributed by atoms with Crippen LogP contribution < -0.4 is 10.1 Å². The van der Waals surface area contributed by atoms with Crippen LogP contribution in [-0.4, -0.2) is 19.6 Å². The first kappa shape index (κ1) is 15.6. The molecule has 0 unspecified atom stereocenters. The molecule has 4 aromatic rings. The van der Waals surface area contributed by atoms with Gasteiger partial charge in [0.1, 0.15) is 23.6 Å². The van der Waals surface area contributed by atoms with Gasteiger partial charge in [-0.15, -0.1) is 0 Å². The maximum atomic E-state index is 8.86. The molecule has 0 fully saturated rings. The van der Waals surface area contributed by atoms with E-state index in [1.54, 1.807) is 28.8 Å². The highest BCUT2D eigenvalue weighted by Crippen LogP contribution is 2.26. The summed E-state index contributed by atoms with van der Waals surface area (Å²) in [6.45, 7) is 1.91. The van der Waals surface area contributed by atoms with Gasteiger partial charge < -0.3 is 10.1 Å². The van der Waals surface area contributed by atoms with Gasteiger partial charge in [-0.25, -0.2) is 4.98 Å². The molecule has 0 aliphatic heterocycles. The van der Waals surface area contributed by atoms with Crippen molar-refractivity contribution in [3.05, 3.63) is 72.2 Å². The van der Waals surface area contributed by atoms with Crippen molar-refractivity contribution in [2.45, 2.75) is 6.92 Å². The highest BCUT2D eigenvalue weighted by atomic mass is 16.5. The van der Waals surface area contributed by atoms with Gasteiger partial charge in [-0.2, -0.15) is 19.9 Å².